The van der Waals surface area contributed by atoms with Gasteiger partial charge < -0.3 is 15.5 Å². The van der Waals surface area contributed by atoms with Gasteiger partial charge in [0.2, 0.25) is 0 Å². The topological polar surface area (TPSA) is 86.9 Å². The lowest BCUT2D eigenvalue weighted by Gasteiger charge is -2.26. The van der Waals surface area contributed by atoms with Crippen molar-refractivity contribution in [3.8, 4) is 5.88 Å². The van der Waals surface area contributed by atoms with Crippen LogP contribution in [0.4, 0.5) is 0 Å². The van der Waals surface area contributed by atoms with Gasteiger partial charge in [-0.3, -0.25) is 4.40 Å². The third-order valence-electron chi connectivity index (χ3n) is 3.25. The molecule has 0 radical (unpaired) electrons. The number of aromatic hydroxyl groups is 1. The molecule has 18 heavy (non-hydrogen) atoms. The smallest absolute Gasteiger partial charge is 0.356 e. The van der Waals surface area contributed by atoms with E-state index in [-0.39, 0.29) is 11.6 Å². The molecule has 3 heterocycles. The summed E-state index contributed by atoms with van der Waals surface area (Å²) in [6.45, 7) is 1.82. The standard InChI is InChI=1S/C12H13N3O3/c16-10-3-1-2-8-11(12(17)18)14-9(15(8)10)4-7-5-13-6-7/h1-3,7,13,16H,4-6H2,(H,17,18). The molecule has 2 aromatic heterocycles. The summed E-state index contributed by atoms with van der Waals surface area (Å²) >= 11 is 0. The van der Waals surface area contributed by atoms with Crippen molar-refractivity contribution < 1.29 is 15.0 Å². The van der Waals surface area contributed by atoms with Gasteiger partial charge in [0.05, 0.1) is 5.52 Å². The summed E-state index contributed by atoms with van der Waals surface area (Å²) < 4.78 is 1.52. The first-order chi connectivity index (χ1) is 8.66. The van der Waals surface area contributed by atoms with E-state index in [0.29, 0.717) is 23.7 Å². The van der Waals surface area contributed by atoms with Crippen LogP contribution in [0.15, 0.2) is 18.2 Å². The van der Waals surface area contributed by atoms with Gasteiger partial charge in [0.25, 0.3) is 0 Å². The lowest BCUT2D eigenvalue weighted by molar-refractivity contribution is 0.0693. The van der Waals surface area contributed by atoms with Crippen molar-refractivity contribution in [2.24, 2.45) is 5.92 Å². The molecule has 0 aliphatic carbocycles. The minimum atomic E-state index is -1.07. The second kappa shape index (κ2) is 3.99. The molecule has 0 unspecified atom stereocenters. The van der Waals surface area contributed by atoms with Gasteiger partial charge >= 0.3 is 5.97 Å². The number of fused-ring (bicyclic) bond motifs is 1. The number of pyridine rings is 1. The Balaban J connectivity index is 2.14. The Morgan fingerprint density at radius 3 is 2.89 bits per heavy atom. The monoisotopic (exact) mass is 247 g/mol. The molecule has 3 rings (SSSR count). The Morgan fingerprint density at radius 1 is 1.50 bits per heavy atom. The zero-order valence-electron chi connectivity index (χ0n) is 9.63. The van der Waals surface area contributed by atoms with Gasteiger partial charge in [-0.05, 0) is 31.1 Å². The number of aromatic nitrogens is 2. The summed E-state index contributed by atoms with van der Waals surface area (Å²) in [5.74, 6) is 0.00900. The number of carboxylic acid groups (broad SMARTS) is 1. The third kappa shape index (κ3) is 1.62. The van der Waals surface area contributed by atoms with Crippen molar-refractivity contribution in [3.63, 3.8) is 0 Å². The van der Waals surface area contributed by atoms with Gasteiger partial charge in [0, 0.05) is 6.42 Å². The van der Waals surface area contributed by atoms with Crippen molar-refractivity contribution in [1.82, 2.24) is 14.7 Å². The molecule has 1 fully saturated rings. The first-order valence-corrected chi connectivity index (χ1v) is 5.80. The van der Waals surface area contributed by atoms with Crippen LogP contribution in [0.25, 0.3) is 5.52 Å². The van der Waals surface area contributed by atoms with Crippen LogP contribution in [0.2, 0.25) is 0 Å². The summed E-state index contributed by atoms with van der Waals surface area (Å²) in [4.78, 5) is 15.3. The van der Waals surface area contributed by atoms with Crippen molar-refractivity contribution in [2.75, 3.05) is 13.1 Å². The SMILES string of the molecule is O=C(O)c1nc(CC2CNC2)n2c(O)cccc12. The predicted molar refractivity (Wildman–Crippen MR) is 63.9 cm³/mol. The number of hydrogen-bond acceptors (Lipinski definition) is 4. The lowest BCUT2D eigenvalue weighted by atomic mass is 9.99. The molecule has 0 amide bonds. The maximum Gasteiger partial charge on any atom is 0.356 e. The second-order valence-corrected chi connectivity index (χ2v) is 4.51. The summed E-state index contributed by atoms with van der Waals surface area (Å²) in [7, 11) is 0. The number of aromatic carboxylic acids is 1. The lowest BCUT2D eigenvalue weighted by Crippen LogP contribution is -2.43. The molecule has 0 saturated carbocycles. The maximum absolute atomic E-state index is 11.1. The van der Waals surface area contributed by atoms with Gasteiger partial charge in [-0.15, -0.1) is 0 Å². The van der Waals surface area contributed by atoms with E-state index in [1.54, 1.807) is 12.1 Å². The molecule has 1 aliphatic rings. The first-order valence-electron chi connectivity index (χ1n) is 5.80. The summed E-state index contributed by atoms with van der Waals surface area (Å²) in [6, 6.07) is 4.80. The molecule has 2 aromatic rings. The zero-order chi connectivity index (χ0) is 12.7. The van der Waals surface area contributed by atoms with Gasteiger partial charge in [0.1, 0.15) is 5.82 Å². The quantitative estimate of drug-likeness (QED) is 0.735. The minimum absolute atomic E-state index is 0.00631. The highest BCUT2D eigenvalue weighted by Crippen LogP contribution is 2.22. The van der Waals surface area contributed by atoms with Gasteiger partial charge in [0.15, 0.2) is 11.6 Å². The van der Waals surface area contributed by atoms with Gasteiger partial charge in [-0.2, -0.15) is 0 Å². The van der Waals surface area contributed by atoms with Crippen LogP contribution >= 0.6 is 0 Å². The molecule has 94 valence electrons. The Kier molecular flexibility index (Phi) is 2.45. The second-order valence-electron chi connectivity index (χ2n) is 4.51. The number of carbonyl (C=O) groups is 1. The molecule has 6 nitrogen and oxygen atoms in total. The minimum Gasteiger partial charge on any atom is -0.494 e. The number of nitrogens with zero attached hydrogens (tertiary/aromatic N) is 2. The molecular weight excluding hydrogens is 234 g/mol. The van der Waals surface area contributed by atoms with Crippen LogP contribution in [-0.2, 0) is 6.42 Å². The normalized spacial score (nSPS) is 15.8. The van der Waals surface area contributed by atoms with Crippen LogP contribution in [-0.4, -0.2) is 38.7 Å². The third-order valence-corrected chi connectivity index (χ3v) is 3.25. The largest absolute Gasteiger partial charge is 0.494 e. The highest BCUT2D eigenvalue weighted by molar-refractivity contribution is 5.93. The first kappa shape index (κ1) is 11.0. The highest BCUT2D eigenvalue weighted by Gasteiger charge is 2.23. The van der Waals surface area contributed by atoms with Crippen LogP contribution in [0.3, 0.4) is 0 Å². The van der Waals surface area contributed by atoms with Crippen LogP contribution in [0.5, 0.6) is 5.88 Å². The fraction of sp³-hybridized carbons (Fsp3) is 0.333. The molecule has 0 atom stereocenters. The average Bonchev–Trinajstić information content (AvgIpc) is 2.64. The van der Waals surface area contributed by atoms with E-state index < -0.39 is 5.97 Å². The van der Waals surface area contributed by atoms with E-state index in [2.05, 4.69) is 10.3 Å². The van der Waals surface area contributed by atoms with E-state index in [4.69, 9.17) is 5.11 Å². The molecule has 1 saturated heterocycles. The summed E-state index contributed by atoms with van der Waals surface area (Å²) in [5, 5.41) is 22.1. The fourth-order valence-electron chi connectivity index (χ4n) is 2.24. The molecule has 1 aliphatic heterocycles. The Labute approximate surface area is 103 Å². The molecular formula is C12H13N3O3. The molecule has 0 aromatic carbocycles. The molecule has 3 N–H and O–H groups in total. The Hall–Kier alpha value is -2.08. The van der Waals surface area contributed by atoms with E-state index in [9.17, 15) is 9.90 Å². The Morgan fingerprint density at radius 2 is 2.28 bits per heavy atom. The average molecular weight is 247 g/mol. The van der Waals surface area contributed by atoms with E-state index in [1.165, 1.54) is 10.5 Å². The number of imidazole rings is 1. The molecule has 0 spiro atoms. The number of carboxylic acids is 1. The summed E-state index contributed by atoms with van der Waals surface area (Å²) in [6.07, 6.45) is 0.666. The molecule has 6 heteroatoms. The fourth-order valence-corrected chi connectivity index (χ4v) is 2.24. The van der Waals surface area contributed by atoms with Crippen molar-refractivity contribution in [1.29, 1.82) is 0 Å². The van der Waals surface area contributed by atoms with Gasteiger partial charge in [-0.1, -0.05) is 6.07 Å². The van der Waals surface area contributed by atoms with Crippen molar-refractivity contribution >= 4 is 11.5 Å². The van der Waals surface area contributed by atoms with E-state index in [0.717, 1.165) is 13.1 Å². The predicted octanol–water partition coefficient (Wildman–Crippen LogP) is 0.500. The highest BCUT2D eigenvalue weighted by atomic mass is 16.4. The zero-order valence-corrected chi connectivity index (χ0v) is 9.63. The number of nitrogens with one attached hydrogen (secondary N) is 1. The van der Waals surface area contributed by atoms with E-state index in [1.807, 2.05) is 0 Å². The van der Waals surface area contributed by atoms with Gasteiger partial charge in [-0.25, -0.2) is 9.78 Å². The van der Waals surface area contributed by atoms with Crippen LogP contribution in [0.1, 0.15) is 16.3 Å². The van der Waals surface area contributed by atoms with E-state index >= 15 is 0 Å². The van der Waals surface area contributed by atoms with Crippen molar-refractivity contribution in [3.05, 3.63) is 29.7 Å². The maximum atomic E-state index is 11.1. The number of rotatable bonds is 3. The summed E-state index contributed by atoms with van der Waals surface area (Å²) in [5.41, 5.74) is 0.429. The number of hydrogen-bond donors (Lipinski definition) is 3. The van der Waals surface area contributed by atoms with Crippen LogP contribution < -0.4 is 5.32 Å². The van der Waals surface area contributed by atoms with Crippen molar-refractivity contribution in [2.45, 2.75) is 6.42 Å². The molecule has 0 bridgehead atoms. The Bertz CT molecular complexity index is 616. The van der Waals surface area contributed by atoms with Crippen LogP contribution in [0, 0.1) is 5.92 Å².